The number of nitrogens with zero attached hydrogens (tertiary/aromatic N) is 1. The van der Waals surface area contributed by atoms with Crippen molar-refractivity contribution in [3.63, 3.8) is 0 Å². The molecule has 6 nitrogen and oxygen atoms in total. The lowest BCUT2D eigenvalue weighted by Crippen LogP contribution is -2.29. The van der Waals surface area contributed by atoms with Gasteiger partial charge in [-0.3, -0.25) is 14.9 Å². The first kappa shape index (κ1) is 19.5. The smallest absolute Gasteiger partial charge is 0.269 e. The van der Waals surface area contributed by atoms with Gasteiger partial charge < -0.3 is 10.6 Å². The van der Waals surface area contributed by atoms with Crippen LogP contribution in [0.5, 0.6) is 0 Å². The molecule has 2 N–H and O–H groups in total. The predicted octanol–water partition coefficient (Wildman–Crippen LogP) is 5.67. The zero-order valence-corrected chi connectivity index (χ0v) is 16.9. The number of carbonyl (C=O) groups excluding carboxylic acids is 1. The van der Waals surface area contributed by atoms with E-state index in [4.69, 9.17) is 11.6 Å². The van der Waals surface area contributed by atoms with Crippen LogP contribution in [0.15, 0.2) is 48.6 Å². The molecule has 1 aliphatic carbocycles. The maximum Gasteiger partial charge on any atom is 0.269 e. The van der Waals surface area contributed by atoms with Gasteiger partial charge in [-0.1, -0.05) is 37.6 Å². The number of nitrogens with one attached hydrogen (secondary N) is 2. The number of nitro groups is 1. The SMILES string of the molecule is CC(C)C(=O)Nc1ccc2c(c1)C1C=CCC1C(c1cc([N+](=O)[O-])ccc1Cl)N2. The van der Waals surface area contributed by atoms with Gasteiger partial charge in [0.2, 0.25) is 5.91 Å². The highest BCUT2D eigenvalue weighted by Gasteiger charge is 2.39. The van der Waals surface area contributed by atoms with E-state index >= 15 is 0 Å². The fourth-order valence-corrected chi connectivity index (χ4v) is 4.38. The highest BCUT2D eigenvalue weighted by molar-refractivity contribution is 6.31. The van der Waals surface area contributed by atoms with E-state index in [1.807, 2.05) is 32.0 Å². The summed E-state index contributed by atoms with van der Waals surface area (Å²) in [6, 6.07) is 10.3. The van der Waals surface area contributed by atoms with Gasteiger partial charge >= 0.3 is 0 Å². The molecular weight excluding hydrogens is 390 g/mol. The van der Waals surface area contributed by atoms with Gasteiger partial charge in [0, 0.05) is 45.9 Å². The largest absolute Gasteiger partial charge is 0.378 e. The van der Waals surface area contributed by atoms with Crippen molar-refractivity contribution in [1.29, 1.82) is 0 Å². The summed E-state index contributed by atoms with van der Waals surface area (Å²) in [6.07, 6.45) is 5.17. The standard InChI is InChI=1S/C22H22ClN3O3/c1-12(2)22(27)24-13-6-9-20-17(10-13)15-4-3-5-16(15)21(25-20)18-11-14(26(28)29)7-8-19(18)23/h3-4,6-12,15-16,21,25H,5H2,1-2H3,(H,24,27). The Bertz CT molecular complexity index is 1020. The van der Waals surface area contributed by atoms with Gasteiger partial charge in [0.1, 0.15) is 0 Å². The van der Waals surface area contributed by atoms with Gasteiger partial charge in [-0.15, -0.1) is 0 Å². The van der Waals surface area contributed by atoms with Crippen molar-refractivity contribution in [2.75, 3.05) is 10.6 Å². The van der Waals surface area contributed by atoms with E-state index in [0.717, 1.165) is 28.9 Å². The minimum atomic E-state index is -0.398. The average Bonchev–Trinajstić information content (AvgIpc) is 3.18. The van der Waals surface area contributed by atoms with Crippen molar-refractivity contribution in [3.8, 4) is 0 Å². The lowest BCUT2D eigenvalue weighted by atomic mass is 9.77. The summed E-state index contributed by atoms with van der Waals surface area (Å²) >= 11 is 6.43. The molecule has 1 amide bonds. The minimum absolute atomic E-state index is 0.0199. The Labute approximate surface area is 174 Å². The maximum absolute atomic E-state index is 12.1. The maximum atomic E-state index is 12.1. The van der Waals surface area contributed by atoms with E-state index in [1.54, 1.807) is 12.1 Å². The normalized spacial score (nSPS) is 22.0. The molecule has 1 aliphatic heterocycles. The molecule has 3 unspecified atom stereocenters. The van der Waals surface area contributed by atoms with E-state index in [1.165, 1.54) is 6.07 Å². The second-order valence-electron chi connectivity index (χ2n) is 7.88. The molecule has 0 saturated heterocycles. The lowest BCUT2D eigenvalue weighted by Gasteiger charge is -2.38. The van der Waals surface area contributed by atoms with Crippen LogP contribution in [0, 0.1) is 22.0 Å². The first-order chi connectivity index (χ1) is 13.8. The number of hydrogen-bond acceptors (Lipinski definition) is 4. The number of hydrogen-bond donors (Lipinski definition) is 2. The summed E-state index contributed by atoms with van der Waals surface area (Å²) < 4.78 is 0. The van der Waals surface area contributed by atoms with Crippen LogP contribution in [-0.2, 0) is 4.79 Å². The third kappa shape index (κ3) is 3.60. The molecule has 2 aromatic rings. The number of halogens is 1. The Kier molecular flexibility index (Phi) is 5.04. The number of fused-ring (bicyclic) bond motifs is 3. The third-order valence-corrected chi connectivity index (χ3v) is 6.02. The molecule has 0 bridgehead atoms. The first-order valence-electron chi connectivity index (χ1n) is 9.67. The number of allylic oxidation sites excluding steroid dienone is 2. The Morgan fingerprint density at radius 1 is 1.24 bits per heavy atom. The molecule has 2 aliphatic rings. The number of rotatable bonds is 4. The monoisotopic (exact) mass is 411 g/mol. The van der Waals surface area contributed by atoms with E-state index in [0.29, 0.717) is 5.02 Å². The second kappa shape index (κ2) is 7.52. The van der Waals surface area contributed by atoms with E-state index < -0.39 is 4.92 Å². The molecule has 29 heavy (non-hydrogen) atoms. The molecule has 1 heterocycles. The van der Waals surface area contributed by atoms with Crippen molar-refractivity contribution in [2.45, 2.75) is 32.2 Å². The second-order valence-corrected chi connectivity index (χ2v) is 8.29. The number of benzene rings is 2. The van der Waals surface area contributed by atoms with E-state index in [9.17, 15) is 14.9 Å². The Balaban J connectivity index is 1.71. The van der Waals surface area contributed by atoms with Crippen molar-refractivity contribution in [2.24, 2.45) is 11.8 Å². The first-order valence-corrected chi connectivity index (χ1v) is 10.0. The fraction of sp³-hybridized carbons (Fsp3) is 0.318. The van der Waals surface area contributed by atoms with Crippen molar-refractivity contribution < 1.29 is 9.72 Å². The molecule has 0 fully saturated rings. The summed E-state index contributed by atoms with van der Waals surface area (Å²) in [5, 5.41) is 18.3. The van der Waals surface area contributed by atoms with E-state index in [2.05, 4.69) is 22.8 Å². The number of nitro benzene ring substituents is 1. The number of amides is 1. The van der Waals surface area contributed by atoms with Crippen LogP contribution in [0.2, 0.25) is 5.02 Å². The Morgan fingerprint density at radius 3 is 2.76 bits per heavy atom. The molecule has 4 rings (SSSR count). The highest BCUT2D eigenvalue weighted by Crippen LogP contribution is 2.51. The van der Waals surface area contributed by atoms with Crippen LogP contribution in [0.1, 0.15) is 43.4 Å². The van der Waals surface area contributed by atoms with Crippen LogP contribution >= 0.6 is 11.6 Å². The molecule has 0 aromatic heterocycles. The zero-order chi connectivity index (χ0) is 20.7. The third-order valence-electron chi connectivity index (χ3n) is 5.68. The van der Waals surface area contributed by atoms with Crippen molar-refractivity contribution >= 4 is 34.6 Å². The van der Waals surface area contributed by atoms with Gasteiger partial charge in [0.25, 0.3) is 5.69 Å². The quantitative estimate of drug-likeness (QED) is 0.385. The topological polar surface area (TPSA) is 84.3 Å². The van der Waals surface area contributed by atoms with Crippen molar-refractivity contribution in [3.05, 3.63) is 74.8 Å². The van der Waals surface area contributed by atoms with E-state index in [-0.39, 0.29) is 35.4 Å². The van der Waals surface area contributed by atoms with Crippen LogP contribution in [-0.4, -0.2) is 10.8 Å². The number of non-ortho nitro benzene ring substituents is 1. The van der Waals surface area contributed by atoms with Gasteiger partial charge in [-0.05, 0) is 42.2 Å². The lowest BCUT2D eigenvalue weighted by molar-refractivity contribution is -0.384. The molecular formula is C22H22ClN3O3. The van der Waals surface area contributed by atoms with Crippen LogP contribution in [0.25, 0.3) is 0 Å². The van der Waals surface area contributed by atoms with Gasteiger partial charge in [0.15, 0.2) is 0 Å². The Hall–Kier alpha value is -2.86. The number of anilines is 2. The summed E-state index contributed by atoms with van der Waals surface area (Å²) in [6.45, 7) is 3.72. The summed E-state index contributed by atoms with van der Waals surface area (Å²) in [4.78, 5) is 22.9. The number of carbonyl (C=O) groups is 1. The Morgan fingerprint density at radius 2 is 2.03 bits per heavy atom. The molecule has 0 radical (unpaired) electrons. The predicted molar refractivity (Wildman–Crippen MR) is 114 cm³/mol. The van der Waals surface area contributed by atoms with Gasteiger partial charge in [0.05, 0.1) is 11.0 Å². The summed E-state index contributed by atoms with van der Waals surface area (Å²) in [5.41, 5.74) is 3.61. The molecule has 3 atom stereocenters. The molecule has 150 valence electrons. The van der Waals surface area contributed by atoms with Crippen molar-refractivity contribution in [1.82, 2.24) is 0 Å². The minimum Gasteiger partial charge on any atom is -0.378 e. The zero-order valence-electron chi connectivity index (χ0n) is 16.2. The molecule has 0 spiro atoms. The molecule has 7 heteroatoms. The van der Waals surface area contributed by atoms with Crippen LogP contribution in [0.3, 0.4) is 0 Å². The van der Waals surface area contributed by atoms with Gasteiger partial charge in [-0.25, -0.2) is 0 Å². The average molecular weight is 412 g/mol. The fourth-order valence-electron chi connectivity index (χ4n) is 4.15. The molecule has 0 saturated carbocycles. The summed E-state index contributed by atoms with van der Waals surface area (Å²) in [5.74, 6) is 0.234. The van der Waals surface area contributed by atoms with Crippen LogP contribution in [0.4, 0.5) is 17.1 Å². The van der Waals surface area contributed by atoms with Crippen LogP contribution < -0.4 is 10.6 Å². The van der Waals surface area contributed by atoms with Gasteiger partial charge in [-0.2, -0.15) is 0 Å². The molecule has 2 aromatic carbocycles. The highest BCUT2D eigenvalue weighted by atomic mass is 35.5. The summed E-state index contributed by atoms with van der Waals surface area (Å²) in [7, 11) is 0.